The third-order valence-corrected chi connectivity index (χ3v) is 3.94. The summed E-state index contributed by atoms with van der Waals surface area (Å²) in [5.74, 6) is 1.12. The van der Waals surface area contributed by atoms with Crippen molar-refractivity contribution < 1.29 is 4.74 Å². The van der Waals surface area contributed by atoms with Gasteiger partial charge in [0.2, 0.25) is 0 Å². The molecule has 1 spiro atoms. The van der Waals surface area contributed by atoms with Crippen LogP contribution in [-0.4, -0.2) is 30.6 Å². The van der Waals surface area contributed by atoms with Crippen molar-refractivity contribution in [3.05, 3.63) is 35.6 Å². The molecule has 3 rings (SSSR count). The van der Waals surface area contributed by atoms with E-state index in [1.165, 1.54) is 18.4 Å². The predicted molar refractivity (Wildman–Crippen MR) is 76.4 cm³/mol. The van der Waals surface area contributed by atoms with E-state index in [1.807, 2.05) is 13.8 Å². The number of fused-ring (bicyclic) bond motifs is 1. The fourth-order valence-electron chi connectivity index (χ4n) is 2.83. The van der Waals surface area contributed by atoms with Crippen LogP contribution in [0.25, 0.3) is 0 Å². The van der Waals surface area contributed by atoms with Crippen molar-refractivity contribution >= 4 is 0 Å². The van der Waals surface area contributed by atoms with Crippen molar-refractivity contribution in [1.29, 1.82) is 0 Å². The third-order valence-electron chi connectivity index (χ3n) is 3.94. The first-order valence-electron chi connectivity index (χ1n) is 7.21. The highest BCUT2D eigenvalue weighted by Gasteiger charge is 2.42. The second kappa shape index (κ2) is 5.75. The van der Waals surface area contributed by atoms with Crippen molar-refractivity contribution in [3.63, 3.8) is 0 Å². The van der Waals surface area contributed by atoms with Gasteiger partial charge in [0.05, 0.1) is 0 Å². The number of likely N-dealkylation sites (tertiary alicyclic amines) is 1. The summed E-state index contributed by atoms with van der Waals surface area (Å²) in [6, 6.07) is 0. The van der Waals surface area contributed by atoms with E-state index < -0.39 is 0 Å². The van der Waals surface area contributed by atoms with Crippen LogP contribution in [-0.2, 0) is 4.74 Å². The highest BCUT2D eigenvalue weighted by atomic mass is 16.5. The molecule has 0 unspecified atom stereocenters. The highest BCUT2D eigenvalue weighted by Crippen LogP contribution is 2.44. The van der Waals surface area contributed by atoms with E-state index in [0.717, 1.165) is 31.7 Å². The normalized spacial score (nSPS) is 25.3. The number of nitrogens with zero attached hydrogens (tertiary/aromatic N) is 1. The van der Waals surface area contributed by atoms with Gasteiger partial charge in [0.1, 0.15) is 11.4 Å². The Labute approximate surface area is 111 Å². The van der Waals surface area contributed by atoms with Gasteiger partial charge in [-0.2, -0.15) is 0 Å². The van der Waals surface area contributed by atoms with Gasteiger partial charge in [0, 0.05) is 32.4 Å². The van der Waals surface area contributed by atoms with E-state index in [1.54, 1.807) is 0 Å². The number of rotatable bonds is 0. The molecule has 0 radical (unpaired) electrons. The first-order valence-corrected chi connectivity index (χ1v) is 7.21. The largest absolute Gasteiger partial charge is 0.487 e. The van der Waals surface area contributed by atoms with Crippen LogP contribution >= 0.6 is 0 Å². The number of hydrogen-bond donors (Lipinski definition) is 0. The minimum atomic E-state index is 0.120. The standard InChI is InChI=1S/C14H19NO.C2H6/c1-15-9-7-14(8-10-15)11-12-5-3-2-4-6-13(12)16-14;1-2/h2,4-6H,3,7-11H2,1H3;1-2H3. The monoisotopic (exact) mass is 247 g/mol. The molecule has 3 aliphatic rings. The van der Waals surface area contributed by atoms with Gasteiger partial charge in [-0.05, 0) is 25.1 Å². The SMILES string of the molecule is CC.CN1CCC2(CC1)CC1=CCC=CC=C1O2. The summed E-state index contributed by atoms with van der Waals surface area (Å²) >= 11 is 0. The molecule has 18 heavy (non-hydrogen) atoms. The predicted octanol–water partition coefficient (Wildman–Crippen LogP) is 3.67. The van der Waals surface area contributed by atoms with Crippen LogP contribution in [0.1, 0.15) is 39.5 Å². The molecule has 0 aromatic carbocycles. The fourth-order valence-corrected chi connectivity index (χ4v) is 2.83. The first kappa shape index (κ1) is 13.4. The second-order valence-electron chi connectivity index (χ2n) is 5.19. The Morgan fingerprint density at radius 2 is 1.94 bits per heavy atom. The van der Waals surface area contributed by atoms with E-state index in [9.17, 15) is 0 Å². The van der Waals surface area contributed by atoms with Gasteiger partial charge in [-0.3, -0.25) is 0 Å². The lowest BCUT2D eigenvalue weighted by molar-refractivity contribution is -0.0128. The lowest BCUT2D eigenvalue weighted by Gasteiger charge is -2.36. The van der Waals surface area contributed by atoms with Gasteiger partial charge in [-0.15, -0.1) is 0 Å². The van der Waals surface area contributed by atoms with Crippen LogP contribution in [0, 0.1) is 0 Å². The van der Waals surface area contributed by atoms with Crippen molar-refractivity contribution in [2.75, 3.05) is 20.1 Å². The molecule has 0 saturated carbocycles. The van der Waals surface area contributed by atoms with E-state index in [2.05, 4.69) is 36.3 Å². The smallest absolute Gasteiger partial charge is 0.123 e. The van der Waals surface area contributed by atoms with Gasteiger partial charge in [0.25, 0.3) is 0 Å². The Bertz CT molecular complexity index is 371. The van der Waals surface area contributed by atoms with Crippen LogP contribution < -0.4 is 0 Å². The molecule has 2 heterocycles. The maximum atomic E-state index is 6.24. The Morgan fingerprint density at radius 3 is 2.67 bits per heavy atom. The minimum absolute atomic E-state index is 0.120. The molecule has 0 atom stereocenters. The fraction of sp³-hybridized carbons (Fsp3) is 0.625. The number of piperidine rings is 1. The first-order chi connectivity index (χ1) is 8.77. The van der Waals surface area contributed by atoms with Crippen LogP contribution in [0.4, 0.5) is 0 Å². The topological polar surface area (TPSA) is 12.5 Å². The average Bonchev–Trinajstić information content (AvgIpc) is 2.60. The molecule has 100 valence electrons. The summed E-state index contributed by atoms with van der Waals surface area (Å²) in [7, 11) is 2.20. The third kappa shape index (κ3) is 2.69. The van der Waals surface area contributed by atoms with Gasteiger partial charge in [-0.1, -0.05) is 32.1 Å². The lowest BCUT2D eigenvalue weighted by Crippen LogP contribution is -2.42. The quantitative estimate of drug-likeness (QED) is 0.647. The van der Waals surface area contributed by atoms with Crippen LogP contribution in [0.15, 0.2) is 35.6 Å². The summed E-state index contributed by atoms with van der Waals surface area (Å²) in [6.45, 7) is 6.33. The van der Waals surface area contributed by atoms with E-state index >= 15 is 0 Å². The van der Waals surface area contributed by atoms with Crippen molar-refractivity contribution in [2.45, 2.75) is 45.1 Å². The number of hydrogen-bond acceptors (Lipinski definition) is 2. The molecule has 0 N–H and O–H groups in total. The molecule has 0 aromatic rings. The molecule has 2 nitrogen and oxygen atoms in total. The van der Waals surface area contributed by atoms with Crippen LogP contribution in [0.3, 0.4) is 0 Å². The average molecular weight is 247 g/mol. The van der Waals surface area contributed by atoms with Crippen molar-refractivity contribution in [3.8, 4) is 0 Å². The summed E-state index contributed by atoms with van der Waals surface area (Å²) < 4.78 is 6.24. The molecule has 0 amide bonds. The van der Waals surface area contributed by atoms with E-state index in [4.69, 9.17) is 4.74 Å². The molecule has 2 saturated heterocycles. The van der Waals surface area contributed by atoms with Gasteiger partial charge in [0.15, 0.2) is 0 Å². The van der Waals surface area contributed by atoms with Crippen molar-refractivity contribution in [2.24, 2.45) is 0 Å². The molecule has 2 fully saturated rings. The lowest BCUT2D eigenvalue weighted by atomic mass is 9.87. The zero-order valence-corrected chi connectivity index (χ0v) is 11.9. The molecule has 0 bridgehead atoms. The Morgan fingerprint density at radius 1 is 1.22 bits per heavy atom. The maximum absolute atomic E-state index is 6.24. The summed E-state index contributed by atoms with van der Waals surface area (Å²) in [6.07, 6.45) is 13.3. The van der Waals surface area contributed by atoms with Gasteiger partial charge in [-0.25, -0.2) is 0 Å². The van der Waals surface area contributed by atoms with Gasteiger partial charge < -0.3 is 9.64 Å². The Hall–Kier alpha value is -1.02. The summed E-state index contributed by atoms with van der Waals surface area (Å²) in [4.78, 5) is 2.39. The molecule has 2 aliphatic heterocycles. The highest BCUT2D eigenvalue weighted by molar-refractivity contribution is 5.37. The minimum Gasteiger partial charge on any atom is -0.487 e. The van der Waals surface area contributed by atoms with Gasteiger partial charge >= 0.3 is 0 Å². The zero-order chi connectivity index (χ0) is 13.0. The van der Waals surface area contributed by atoms with E-state index in [-0.39, 0.29) is 5.60 Å². The Kier molecular flexibility index (Phi) is 4.28. The van der Waals surface area contributed by atoms with Crippen LogP contribution in [0.5, 0.6) is 0 Å². The zero-order valence-electron chi connectivity index (χ0n) is 11.9. The molecule has 0 aromatic heterocycles. The molecule has 1 aliphatic carbocycles. The maximum Gasteiger partial charge on any atom is 0.123 e. The van der Waals surface area contributed by atoms with Crippen LogP contribution in [0.2, 0.25) is 0 Å². The molecule has 2 heteroatoms. The summed E-state index contributed by atoms with van der Waals surface area (Å²) in [5.41, 5.74) is 1.55. The number of allylic oxidation sites excluding steroid dienone is 5. The van der Waals surface area contributed by atoms with E-state index in [0.29, 0.717) is 0 Å². The number of ether oxygens (including phenoxy) is 1. The summed E-state index contributed by atoms with van der Waals surface area (Å²) in [5, 5.41) is 0. The Balaban J connectivity index is 0.000000574. The second-order valence-corrected chi connectivity index (χ2v) is 5.19. The molecular weight excluding hydrogens is 222 g/mol. The molecular formula is C16H25NO. The van der Waals surface area contributed by atoms with Crippen molar-refractivity contribution in [1.82, 2.24) is 4.90 Å².